The van der Waals surface area contributed by atoms with Crippen LogP contribution < -0.4 is 0 Å². The lowest BCUT2D eigenvalue weighted by atomic mass is 10.00. The van der Waals surface area contributed by atoms with Crippen molar-refractivity contribution in [3.8, 4) is 0 Å². The van der Waals surface area contributed by atoms with Gasteiger partial charge in [-0.1, -0.05) is 12.8 Å². The van der Waals surface area contributed by atoms with Crippen LogP contribution in [0.15, 0.2) is 0 Å². The zero-order chi connectivity index (χ0) is 7.53. The van der Waals surface area contributed by atoms with Crippen LogP contribution in [0, 0.1) is 16.7 Å². The first-order chi connectivity index (χ1) is 5.33. The summed E-state index contributed by atoms with van der Waals surface area (Å²) >= 11 is 0. The minimum absolute atomic E-state index is 0.460. The summed E-state index contributed by atoms with van der Waals surface area (Å²) in [5.74, 6) is 0.709. The summed E-state index contributed by atoms with van der Waals surface area (Å²) in [7, 11) is 0. The second-order valence-electron chi connectivity index (χ2n) is 4.90. The van der Waals surface area contributed by atoms with E-state index in [0.717, 1.165) is 5.41 Å². The molecule has 0 bridgehead atoms. The molecule has 0 heterocycles. The first kappa shape index (κ1) is 6.47. The molecule has 11 heavy (non-hydrogen) atoms. The summed E-state index contributed by atoms with van der Waals surface area (Å²) < 4.78 is 0. The molecule has 0 saturated heterocycles. The molecular formula is C10H16O. The van der Waals surface area contributed by atoms with E-state index in [4.69, 9.17) is 5.11 Å². The van der Waals surface area contributed by atoms with Crippen molar-refractivity contribution in [3.05, 3.63) is 0 Å². The maximum absolute atomic E-state index is 9.03. The van der Waals surface area contributed by atoms with Gasteiger partial charge < -0.3 is 5.11 Å². The summed E-state index contributed by atoms with van der Waals surface area (Å²) in [6, 6.07) is 0. The van der Waals surface area contributed by atoms with Gasteiger partial charge in [-0.2, -0.15) is 0 Å². The minimum atomic E-state index is 0.460. The van der Waals surface area contributed by atoms with Crippen LogP contribution >= 0.6 is 0 Å². The van der Waals surface area contributed by atoms with Gasteiger partial charge in [-0.25, -0.2) is 0 Å². The second kappa shape index (κ2) is 1.66. The molecule has 3 fully saturated rings. The number of aliphatic hydroxyl groups excluding tert-OH is 1. The van der Waals surface area contributed by atoms with E-state index in [9.17, 15) is 0 Å². The van der Waals surface area contributed by atoms with Crippen LogP contribution in [0.5, 0.6) is 0 Å². The number of rotatable bonds is 1. The highest BCUT2D eigenvalue weighted by Gasteiger charge is 2.78. The highest BCUT2D eigenvalue weighted by atomic mass is 16.3. The molecule has 2 spiro atoms. The Balaban J connectivity index is 1.78. The van der Waals surface area contributed by atoms with E-state index < -0.39 is 0 Å². The van der Waals surface area contributed by atoms with E-state index in [-0.39, 0.29) is 0 Å². The van der Waals surface area contributed by atoms with Crippen LogP contribution in [0.25, 0.3) is 0 Å². The Hall–Kier alpha value is -0.0400. The van der Waals surface area contributed by atoms with Gasteiger partial charge in [-0.3, -0.25) is 0 Å². The molecule has 1 heteroatoms. The zero-order valence-electron chi connectivity index (χ0n) is 6.97. The molecule has 0 aliphatic heterocycles. The van der Waals surface area contributed by atoms with Gasteiger partial charge >= 0.3 is 0 Å². The van der Waals surface area contributed by atoms with E-state index in [0.29, 0.717) is 17.9 Å². The number of hydrogen-bond donors (Lipinski definition) is 1. The Bertz CT molecular complexity index is 193. The molecule has 0 radical (unpaired) electrons. The summed E-state index contributed by atoms with van der Waals surface area (Å²) in [5.41, 5.74) is 1.46. The van der Waals surface area contributed by atoms with Gasteiger partial charge in [0.1, 0.15) is 0 Å². The fraction of sp³-hybridized carbons (Fsp3) is 1.00. The lowest BCUT2D eigenvalue weighted by molar-refractivity contribution is 0.257. The van der Waals surface area contributed by atoms with Crippen molar-refractivity contribution in [1.29, 1.82) is 0 Å². The molecule has 62 valence electrons. The first-order valence-corrected chi connectivity index (χ1v) is 4.94. The Morgan fingerprint density at radius 1 is 1.27 bits per heavy atom. The fourth-order valence-electron chi connectivity index (χ4n) is 3.77. The SMILES string of the molecule is OCC1CC12CC21CCCC1. The third kappa shape index (κ3) is 0.581. The summed E-state index contributed by atoms with van der Waals surface area (Å²) in [6.07, 6.45) is 8.68. The first-order valence-electron chi connectivity index (χ1n) is 4.94. The van der Waals surface area contributed by atoms with Crippen LogP contribution in [0.3, 0.4) is 0 Å². The van der Waals surface area contributed by atoms with Gasteiger partial charge in [-0.05, 0) is 42.4 Å². The van der Waals surface area contributed by atoms with Gasteiger partial charge in [0.25, 0.3) is 0 Å². The minimum Gasteiger partial charge on any atom is -0.396 e. The molecular weight excluding hydrogens is 136 g/mol. The second-order valence-corrected chi connectivity index (χ2v) is 4.90. The average Bonchev–Trinajstić information content (AvgIpc) is 2.78. The van der Waals surface area contributed by atoms with Crippen molar-refractivity contribution < 1.29 is 5.11 Å². The predicted molar refractivity (Wildman–Crippen MR) is 43.1 cm³/mol. The van der Waals surface area contributed by atoms with Crippen LogP contribution in [-0.4, -0.2) is 11.7 Å². The summed E-state index contributed by atoms with van der Waals surface area (Å²) in [5, 5.41) is 9.03. The molecule has 0 aromatic carbocycles. The molecule has 0 amide bonds. The van der Waals surface area contributed by atoms with Crippen molar-refractivity contribution in [3.63, 3.8) is 0 Å². The van der Waals surface area contributed by atoms with Crippen molar-refractivity contribution in [1.82, 2.24) is 0 Å². The molecule has 2 atom stereocenters. The maximum atomic E-state index is 9.03. The predicted octanol–water partition coefficient (Wildman–Crippen LogP) is 1.95. The summed E-state index contributed by atoms with van der Waals surface area (Å²) in [4.78, 5) is 0. The van der Waals surface area contributed by atoms with Crippen molar-refractivity contribution in [2.45, 2.75) is 38.5 Å². The van der Waals surface area contributed by atoms with Crippen LogP contribution in [0.4, 0.5) is 0 Å². The summed E-state index contributed by atoms with van der Waals surface area (Å²) in [6.45, 7) is 0.460. The highest BCUT2D eigenvalue weighted by Crippen LogP contribution is 2.85. The third-order valence-electron chi connectivity index (χ3n) is 4.60. The fourth-order valence-corrected chi connectivity index (χ4v) is 3.77. The van der Waals surface area contributed by atoms with E-state index in [1.807, 2.05) is 0 Å². The molecule has 3 rings (SSSR count). The normalized spacial score (nSPS) is 50.5. The van der Waals surface area contributed by atoms with E-state index >= 15 is 0 Å². The standard InChI is InChI=1S/C10H16O/c11-6-8-5-10(8)7-9(10)3-1-2-4-9/h8,11H,1-7H2. The highest BCUT2D eigenvalue weighted by molar-refractivity contribution is 5.27. The van der Waals surface area contributed by atoms with Crippen molar-refractivity contribution >= 4 is 0 Å². The molecule has 1 N–H and O–H groups in total. The molecule has 3 aliphatic rings. The van der Waals surface area contributed by atoms with Gasteiger partial charge in [0.15, 0.2) is 0 Å². The molecule has 3 saturated carbocycles. The van der Waals surface area contributed by atoms with Gasteiger partial charge in [0.05, 0.1) is 0 Å². The number of aliphatic hydroxyl groups is 1. The Morgan fingerprint density at radius 2 is 2.00 bits per heavy atom. The van der Waals surface area contributed by atoms with E-state index in [1.54, 1.807) is 0 Å². The number of hydrogen-bond acceptors (Lipinski definition) is 1. The Morgan fingerprint density at radius 3 is 2.55 bits per heavy atom. The quantitative estimate of drug-likeness (QED) is 0.609. The Kier molecular flexibility index (Phi) is 0.976. The van der Waals surface area contributed by atoms with Crippen molar-refractivity contribution in [2.75, 3.05) is 6.61 Å². The molecule has 2 unspecified atom stereocenters. The lowest BCUT2D eigenvalue weighted by Gasteiger charge is -2.05. The topological polar surface area (TPSA) is 20.2 Å². The van der Waals surface area contributed by atoms with Crippen LogP contribution in [0.2, 0.25) is 0 Å². The maximum Gasteiger partial charge on any atom is 0.0465 e. The van der Waals surface area contributed by atoms with Crippen LogP contribution in [0.1, 0.15) is 38.5 Å². The zero-order valence-corrected chi connectivity index (χ0v) is 6.97. The lowest BCUT2D eigenvalue weighted by Crippen LogP contribution is -2.00. The van der Waals surface area contributed by atoms with Gasteiger partial charge in [0.2, 0.25) is 0 Å². The molecule has 1 nitrogen and oxygen atoms in total. The molecule has 3 aliphatic carbocycles. The van der Waals surface area contributed by atoms with Gasteiger partial charge in [-0.15, -0.1) is 0 Å². The Labute approximate surface area is 67.8 Å². The van der Waals surface area contributed by atoms with E-state index in [1.165, 1.54) is 38.5 Å². The largest absolute Gasteiger partial charge is 0.396 e. The third-order valence-corrected chi connectivity index (χ3v) is 4.60. The monoisotopic (exact) mass is 152 g/mol. The average molecular weight is 152 g/mol. The smallest absolute Gasteiger partial charge is 0.0465 e. The molecule has 0 aromatic heterocycles. The number of fused-ring (bicyclic) bond motifs is 1. The molecule has 0 aromatic rings. The van der Waals surface area contributed by atoms with Crippen molar-refractivity contribution in [2.24, 2.45) is 16.7 Å². The van der Waals surface area contributed by atoms with Gasteiger partial charge in [0, 0.05) is 6.61 Å². The van der Waals surface area contributed by atoms with Crippen LogP contribution in [-0.2, 0) is 0 Å². The van der Waals surface area contributed by atoms with E-state index in [2.05, 4.69) is 0 Å².